The number of hydrogen-bond donors (Lipinski definition) is 0. The van der Waals surface area contributed by atoms with Gasteiger partial charge in [-0.15, -0.1) is 0 Å². The Bertz CT molecular complexity index is 2010. The molecule has 0 aliphatic rings. The number of benzene rings is 3. The van der Waals surface area contributed by atoms with E-state index in [2.05, 4.69) is 17.0 Å². The van der Waals surface area contributed by atoms with Gasteiger partial charge in [0.1, 0.15) is 11.4 Å². The van der Waals surface area contributed by atoms with Gasteiger partial charge >= 0.3 is 5.56 Å². The summed E-state index contributed by atoms with van der Waals surface area (Å²) in [6.45, 7) is 4.83. The second kappa shape index (κ2) is 11.3. The number of thiazole rings is 1. The third-order valence-electron chi connectivity index (χ3n) is 6.69. The average molecular weight is 562 g/mol. The lowest BCUT2D eigenvalue weighted by atomic mass is 10.0. The lowest BCUT2D eigenvalue weighted by Gasteiger charge is -2.10. The molecule has 6 rings (SSSR count). The normalized spacial score (nSPS) is 11.8. The zero-order chi connectivity index (χ0) is 28.3. The molecule has 6 aromatic rings. The molecule has 3 aromatic carbocycles. The summed E-state index contributed by atoms with van der Waals surface area (Å²) in [4.78, 5) is 30.6. The molecule has 0 aliphatic heterocycles. The smallest absolute Gasteiger partial charge is 0.300 e. The fourth-order valence-electron chi connectivity index (χ4n) is 4.54. The quantitative estimate of drug-likeness (QED) is 0.241. The van der Waals surface area contributed by atoms with Crippen molar-refractivity contribution < 1.29 is 4.74 Å². The maximum atomic E-state index is 13.5. The fourth-order valence-corrected chi connectivity index (χ4v) is 5.44. The Morgan fingerprint density at radius 2 is 1.66 bits per heavy atom. The summed E-state index contributed by atoms with van der Waals surface area (Å²) in [6.07, 6.45) is 5.75. The molecule has 204 valence electrons. The van der Waals surface area contributed by atoms with Gasteiger partial charge < -0.3 is 4.74 Å². The van der Waals surface area contributed by atoms with Crippen molar-refractivity contribution in [2.24, 2.45) is 0 Å². The van der Waals surface area contributed by atoms with Gasteiger partial charge in [0.05, 0.1) is 16.8 Å². The van der Waals surface area contributed by atoms with E-state index in [1.165, 1.54) is 4.52 Å². The van der Waals surface area contributed by atoms with Crippen molar-refractivity contribution >= 4 is 22.4 Å². The Balaban J connectivity index is 1.48. The highest BCUT2D eigenvalue weighted by Crippen LogP contribution is 2.29. The first-order chi connectivity index (χ1) is 20.0. The first kappa shape index (κ1) is 26.3. The van der Waals surface area contributed by atoms with E-state index in [1.807, 2.05) is 79.9 Å². The summed E-state index contributed by atoms with van der Waals surface area (Å²) in [6, 6.07) is 24.8. The molecular weight excluding hydrogens is 534 g/mol. The number of rotatable bonds is 8. The predicted octanol–water partition coefficient (Wildman–Crippen LogP) is 5.07. The van der Waals surface area contributed by atoms with Crippen molar-refractivity contribution in [3.05, 3.63) is 121 Å². The molecule has 0 saturated carbocycles. The van der Waals surface area contributed by atoms with Gasteiger partial charge in [0.2, 0.25) is 4.96 Å². The van der Waals surface area contributed by atoms with Crippen molar-refractivity contribution in [3.8, 4) is 34.0 Å². The number of aryl methyl sites for hydroxylation is 1. The van der Waals surface area contributed by atoms with Crippen molar-refractivity contribution in [1.29, 1.82) is 0 Å². The monoisotopic (exact) mass is 561 g/mol. The minimum Gasteiger partial charge on any atom is -0.493 e. The Morgan fingerprint density at radius 3 is 2.39 bits per heavy atom. The highest BCUT2D eigenvalue weighted by atomic mass is 32.1. The molecule has 3 heterocycles. The molecule has 0 bridgehead atoms. The Hall–Kier alpha value is -4.89. The third kappa shape index (κ3) is 5.31. The van der Waals surface area contributed by atoms with Gasteiger partial charge in [-0.1, -0.05) is 73.2 Å². The largest absolute Gasteiger partial charge is 0.493 e. The topological polar surface area (TPSA) is 91.4 Å². The summed E-state index contributed by atoms with van der Waals surface area (Å²) in [5, 5.41) is 9.28. The Kier molecular flexibility index (Phi) is 7.26. The van der Waals surface area contributed by atoms with Gasteiger partial charge in [-0.2, -0.15) is 19.7 Å². The summed E-state index contributed by atoms with van der Waals surface area (Å²) in [7, 11) is 0. The van der Waals surface area contributed by atoms with E-state index >= 15 is 0 Å². The van der Waals surface area contributed by atoms with Gasteiger partial charge in [-0.3, -0.25) is 9.59 Å². The second-order valence-electron chi connectivity index (χ2n) is 9.64. The van der Waals surface area contributed by atoms with E-state index in [0.717, 1.165) is 52.3 Å². The number of aromatic nitrogens is 5. The van der Waals surface area contributed by atoms with Crippen LogP contribution in [0.5, 0.6) is 5.75 Å². The molecule has 0 fully saturated rings. The molecule has 8 nitrogen and oxygen atoms in total. The molecule has 0 unspecified atom stereocenters. The Labute approximate surface area is 239 Å². The van der Waals surface area contributed by atoms with Crippen LogP contribution in [-0.2, 0) is 0 Å². The van der Waals surface area contributed by atoms with Crippen molar-refractivity contribution in [1.82, 2.24) is 24.4 Å². The molecule has 0 radical (unpaired) electrons. The summed E-state index contributed by atoms with van der Waals surface area (Å²) in [5.74, 6) is 0.845. The molecule has 0 amide bonds. The molecule has 0 saturated heterocycles. The molecule has 41 heavy (non-hydrogen) atoms. The highest BCUT2D eigenvalue weighted by Gasteiger charge is 2.16. The van der Waals surface area contributed by atoms with E-state index in [0.29, 0.717) is 22.4 Å². The molecule has 0 N–H and O–H groups in total. The van der Waals surface area contributed by atoms with Crippen LogP contribution in [0.25, 0.3) is 39.2 Å². The van der Waals surface area contributed by atoms with Crippen LogP contribution < -0.4 is 20.4 Å². The van der Waals surface area contributed by atoms with E-state index in [4.69, 9.17) is 9.84 Å². The van der Waals surface area contributed by atoms with Gasteiger partial charge in [-0.05, 0) is 55.3 Å². The molecular formula is C32H27N5O3S. The van der Waals surface area contributed by atoms with Crippen LogP contribution in [0.3, 0.4) is 0 Å². The summed E-state index contributed by atoms with van der Waals surface area (Å²) in [5.41, 5.74) is 4.20. The van der Waals surface area contributed by atoms with E-state index < -0.39 is 5.56 Å². The summed E-state index contributed by atoms with van der Waals surface area (Å²) >= 11 is 1.13. The van der Waals surface area contributed by atoms with Crippen LogP contribution in [-0.4, -0.2) is 31.0 Å². The second-order valence-corrected chi connectivity index (χ2v) is 10.6. The number of para-hydroxylation sites is 1. The van der Waals surface area contributed by atoms with E-state index in [1.54, 1.807) is 22.9 Å². The first-order valence-electron chi connectivity index (χ1n) is 13.4. The number of nitrogens with zero attached hydrogens (tertiary/aromatic N) is 5. The zero-order valence-corrected chi connectivity index (χ0v) is 23.5. The number of ether oxygens (including phenoxy) is 1. The van der Waals surface area contributed by atoms with Crippen LogP contribution in [0, 0.1) is 6.92 Å². The van der Waals surface area contributed by atoms with Crippen molar-refractivity contribution in [3.63, 3.8) is 0 Å². The molecule has 3 aromatic heterocycles. The minimum absolute atomic E-state index is 0.138. The standard InChI is InChI=1S/C32H27N5O3S/c1-3-4-17-40-26-16-15-23(18-21(26)2)28-24(20-36(34-28)25-13-9-6-10-14-25)19-27-31(39)37-32(41-27)33-30(38)29(35-37)22-11-7-5-8-12-22/h5-16,18-20H,3-4,17H2,1-2H3/b27-19-. The minimum atomic E-state index is -0.474. The lowest BCUT2D eigenvalue weighted by molar-refractivity contribution is 0.307. The predicted molar refractivity (Wildman–Crippen MR) is 162 cm³/mol. The SMILES string of the molecule is CCCCOc1ccc(-c2nn(-c3ccccc3)cc2/C=c2\sc3nc(=O)c(-c4ccccc4)nn3c2=O)cc1C. The average Bonchev–Trinajstić information content (AvgIpc) is 3.55. The van der Waals surface area contributed by atoms with E-state index in [9.17, 15) is 9.59 Å². The summed E-state index contributed by atoms with van der Waals surface area (Å²) < 4.78 is 9.36. The van der Waals surface area contributed by atoms with Gasteiger partial charge in [0.15, 0.2) is 5.69 Å². The van der Waals surface area contributed by atoms with Crippen LogP contribution in [0.15, 0.2) is 94.6 Å². The number of fused-ring (bicyclic) bond motifs is 1. The van der Waals surface area contributed by atoms with Crippen molar-refractivity contribution in [2.75, 3.05) is 6.61 Å². The maximum absolute atomic E-state index is 13.5. The van der Waals surface area contributed by atoms with Crippen LogP contribution in [0.2, 0.25) is 0 Å². The molecule has 0 atom stereocenters. The zero-order valence-electron chi connectivity index (χ0n) is 22.7. The van der Waals surface area contributed by atoms with Crippen molar-refractivity contribution in [2.45, 2.75) is 26.7 Å². The molecule has 0 spiro atoms. The highest BCUT2D eigenvalue weighted by molar-refractivity contribution is 7.15. The van der Waals surface area contributed by atoms with E-state index in [-0.39, 0.29) is 16.2 Å². The lowest BCUT2D eigenvalue weighted by Crippen LogP contribution is -2.26. The number of unbranched alkanes of at least 4 members (excludes halogenated alkanes) is 1. The first-order valence-corrected chi connectivity index (χ1v) is 14.2. The Morgan fingerprint density at radius 1 is 0.902 bits per heavy atom. The van der Waals surface area contributed by atoms with Gasteiger partial charge in [0, 0.05) is 22.9 Å². The van der Waals surface area contributed by atoms with Crippen LogP contribution in [0.4, 0.5) is 0 Å². The van der Waals surface area contributed by atoms with Crippen LogP contribution in [0.1, 0.15) is 30.9 Å². The maximum Gasteiger partial charge on any atom is 0.300 e. The number of hydrogen-bond acceptors (Lipinski definition) is 7. The van der Waals surface area contributed by atoms with Crippen LogP contribution >= 0.6 is 11.3 Å². The fraction of sp³-hybridized carbons (Fsp3) is 0.156. The third-order valence-corrected chi connectivity index (χ3v) is 7.65. The van der Waals surface area contributed by atoms with Gasteiger partial charge in [0.25, 0.3) is 5.56 Å². The molecule has 9 heteroatoms. The molecule has 0 aliphatic carbocycles. The van der Waals surface area contributed by atoms with Gasteiger partial charge in [-0.25, -0.2) is 4.68 Å².